The number of rotatable bonds is 2. The zero-order valence-corrected chi connectivity index (χ0v) is 24.0. The summed E-state index contributed by atoms with van der Waals surface area (Å²) >= 11 is 1.75. The quantitative estimate of drug-likeness (QED) is 0.190. The molecular weight excluding hydrogens is 561 g/mol. The van der Waals surface area contributed by atoms with Crippen LogP contribution in [0.4, 0.5) is 0 Å². The van der Waals surface area contributed by atoms with Gasteiger partial charge in [0.2, 0.25) is 0 Å². The monoisotopic (exact) mass is 580 g/mol. The van der Waals surface area contributed by atoms with Gasteiger partial charge in [-0.05, 0) is 69.4 Å². The van der Waals surface area contributed by atoms with E-state index in [4.69, 9.17) is 19.9 Å². The highest BCUT2D eigenvalue weighted by molar-refractivity contribution is 7.25. The van der Waals surface area contributed by atoms with Crippen molar-refractivity contribution in [2.24, 2.45) is 0 Å². The number of hydrogen-bond acceptors (Lipinski definition) is 7. The molecule has 5 aromatic heterocycles. The van der Waals surface area contributed by atoms with Gasteiger partial charge in [-0.2, -0.15) is 0 Å². The van der Waals surface area contributed by atoms with Crippen molar-refractivity contribution in [3.05, 3.63) is 121 Å². The molecule has 7 heteroatoms. The van der Waals surface area contributed by atoms with Crippen molar-refractivity contribution < 1.29 is 0 Å². The molecule has 5 heterocycles. The summed E-state index contributed by atoms with van der Waals surface area (Å²) in [5, 5.41) is 6.52. The van der Waals surface area contributed by atoms with Crippen LogP contribution in [0.25, 0.3) is 86.7 Å². The normalized spacial score (nSPS) is 12.5. The molecule has 0 radical (unpaired) electrons. The second kappa shape index (κ2) is 8.92. The number of fused-ring (bicyclic) bond motifs is 12. The first-order valence-corrected chi connectivity index (χ1v) is 15.3. The molecule has 0 spiro atoms. The van der Waals surface area contributed by atoms with E-state index in [-0.39, 0.29) is 0 Å². The van der Waals surface area contributed by atoms with E-state index in [1.807, 2.05) is 37.2 Å². The van der Waals surface area contributed by atoms with Gasteiger partial charge in [0.25, 0.3) is 0 Å². The minimum atomic E-state index is 0.673. The van der Waals surface area contributed by atoms with Crippen LogP contribution in [-0.2, 0) is 6.42 Å². The lowest BCUT2D eigenvalue weighted by Crippen LogP contribution is -1.97. The Morgan fingerprint density at radius 2 is 1.20 bits per heavy atom. The second-order valence-corrected chi connectivity index (χ2v) is 12.3. The van der Waals surface area contributed by atoms with E-state index in [0.717, 1.165) is 50.1 Å². The van der Waals surface area contributed by atoms with E-state index in [0.29, 0.717) is 11.6 Å². The number of nitrogens with zero attached hydrogens (tertiary/aromatic N) is 6. The summed E-state index contributed by atoms with van der Waals surface area (Å²) in [5.74, 6) is 1.35. The summed E-state index contributed by atoms with van der Waals surface area (Å²) in [4.78, 5) is 28.8. The predicted octanol–water partition coefficient (Wildman–Crippen LogP) is 8.79. The van der Waals surface area contributed by atoms with Crippen molar-refractivity contribution in [1.82, 2.24) is 29.9 Å². The maximum Gasteiger partial charge on any atom is 0.159 e. The molecule has 10 rings (SSSR count). The molecule has 0 fully saturated rings. The molecule has 1 aliphatic rings. The molecule has 0 N–H and O–H groups in total. The molecule has 0 unspecified atom stereocenters. The average molecular weight is 581 g/mol. The van der Waals surface area contributed by atoms with Crippen molar-refractivity contribution in [2.75, 3.05) is 0 Å². The SMILES string of the molecule is c1ccc2c(c1)c1cnc(-c3ccc4c(c3)-c3ccncc3C4)nc1c1nc(-c3ccc4sc5cnccc5c4c3)ncc21. The molecule has 4 aromatic carbocycles. The van der Waals surface area contributed by atoms with Crippen molar-refractivity contribution in [1.29, 1.82) is 0 Å². The van der Waals surface area contributed by atoms with Crippen LogP contribution in [-0.4, -0.2) is 29.9 Å². The topological polar surface area (TPSA) is 77.3 Å². The van der Waals surface area contributed by atoms with Crippen molar-refractivity contribution in [2.45, 2.75) is 6.42 Å². The summed E-state index contributed by atoms with van der Waals surface area (Å²) < 4.78 is 2.40. The van der Waals surface area contributed by atoms with Crippen molar-refractivity contribution in [3.8, 4) is 33.9 Å². The summed E-state index contributed by atoms with van der Waals surface area (Å²) in [5.41, 5.74) is 8.62. The number of thiophene rings is 1. The molecule has 0 atom stereocenters. The third-order valence-electron chi connectivity index (χ3n) is 8.78. The van der Waals surface area contributed by atoms with Crippen LogP contribution in [0.5, 0.6) is 0 Å². The lowest BCUT2D eigenvalue weighted by molar-refractivity contribution is 1.20. The lowest BCUT2D eigenvalue weighted by atomic mass is 10.0. The van der Waals surface area contributed by atoms with Gasteiger partial charge in [0.15, 0.2) is 11.6 Å². The van der Waals surface area contributed by atoms with Gasteiger partial charge in [-0.25, -0.2) is 19.9 Å². The van der Waals surface area contributed by atoms with Gasteiger partial charge in [-0.15, -0.1) is 11.3 Å². The number of hydrogen-bond donors (Lipinski definition) is 0. The van der Waals surface area contributed by atoms with Crippen LogP contribution >= 0.6 is 11.3 Å². The van der Waals surface area contributed by atoms with E-state index in [1.54, 1.807) is 11.3 Å². The molecule has 0 bridgehead atoms. The van der Waals surface area contributed by atoms with Crippen LogP contribution in [0.1, 0.15) is 11.1 Å². The highest BCUT2D eigenvalue weighted by Crippen LogP contribution is 2.40. The second-order valence-electron chi connectivity index (χ2n) is 11.2. The van der Waals surface area contributed by atoms with E-state index in [2.05, 4.69) is 82.8 Å². The highest BCUT2D eigenvalue weighted by Gasteiger charge is 2.20. The Morgan fingerprint density at radius 3 is 2.00 bits per heavy atom. The number of benzene rings is 4. The van der Waals surface area contributed by atoms with Gasteiger partial charge >= 0.3 is 0 Å². The van der Waals surface area contributed by atoms with Gasteiger partial charge in [0.05, 0.1) is 4.70 Å². The van der Waals surface area contributed by atoms with Crippen LogP contribution in [0, 0.1) is 0 Å². The summed E-state index contributed by atoms with van der Waals surface area (Å²) in [6.07, 6.45) is 12.4. The maximum atomic E-state index is 5.20. The van der Waals surface area contributed by atoms with Gasteiger partial charge in [0, 0.05) is 81.0 Å². The van der Waals surface area contributed by atoms with Gasteiger partial charge in [0.1, 0.15) is 11.0 Å². The van der Waals surface area contributed by atoms with Crippen LogP contribution < -0.4 is 0 Å². The largest absolute Gasteiger partial charge is 0.264 e. The maximum absolute atomic E-state index is 5.20. The first-order chi connectivity index (χ1) is 21.8. The molecule has 0 saturated carbocycles. The predicted molar refractivity (Wildman–Crippen MR) is 178 cm³/mol. The Bertz CT molecular complexity index is 2660. The molecule has 0 amide bonds. The minimum Gasteiger partial charge on any atom is -0.264 e. The number of pyridine rings is 2. The Kier molecular flexibility index (Phi) is 4.84. The van der Waals surface area contributed by atoms with Crippen molar-refractivity contribution in [3.63, 3.8) is 0 Å². The third-order valence-corrected chi connectivity index (χ3v) is 9.91. The van der Waals surface area contributed by atoms with E-state index in [9.17, 15) is 0 Å². The Balaban J connectivity index is 1.20. The first-order valence-electron chi connectivity index (χ1n) is 14.5. The standard InChI is InChI=1S/C37H20N6S/c1-2-4-26-25(3-1)30-17-40-36(21-6-5-20-13-23-16-38-11-9-24(23)28(20)14-21)42-34(30)35-31(26)18-41-37(43-35)22-7-8-32-29(15-22)27-10-12-39-19-33(27)44-32/h1-12,14-19H,13H2. The summed E-state index contributed by atoms with van der Waals surface area (Å²) in [6.45, 7) is 0. The molecular formula is C37H20N6S. The summed E-state index contributed by atoms with van der Waals surface area (Å²) in [7, 11) is 0. The minimum absolute atomic E-state index is 0.673. The Labute approximate surface area is 254 Å². The molecule has 1 aliphatic carbocycles. The van der Waals surface area contributed by atoms with Crippen molar-refractivity contribution >= 4 is 64.1 Å². The average Bonchev–Trinajstić information content (AvgIpc) is 3.65. The van der Waals surface area contributed by atoms with E-state index in [1.165, 1.54) is 42.4 Å². The van der Waals surface area contributed by atoms with Gasteiger partial charge < -0.3 is 0 Å². The van der Waals surface area contributed by atoms with Crippen LogP contribution in [0.2, 0.25) is 0 Å². The van der Waals surface area contributed by atoms with E-state index < -0.39 is 0 Å². The zero-order chi connectivity index (χ0) is 28.8. The molecule has 204 valence electrons. The fourth-order valence-electron chi connectivity index (χ4n) is 6.68. The lowest BCUT2D eigenvalue weighted by Gasteiger charge is -2.11. The van der Waals surface area contributed by atoms with E-state index >= 15 is 0 Å². The van der Waals surface area contributed by atoms with Crippen LogP contribution in [0.3, 0.4) is 0 Å². The van der Waals surface area contributed by atoms with Gasteiger partial charge in [-0.3, -0.25) is 9.97 Å². The highest BCUT2D eigenvalue weighted by atomic mass is 32.1. The van der Waals surface area contributed by atoms with Crippen LogP contribution in [0.15, 0.2) is 110 Å². The zero-order valence-electron chi connectivity index (χ0n) is 23.2. The fraction of sp³-hybridized carbons (Fsp3) is 0.0270. The Morgan fingerprint density at radius 1 is 0.500 bits per heavy atom. The third kappa shape index (κ3) is 3.41. The fourth-order valence-corrected chi connectivity index (χ4v) is 7.73. The van der Waals surface area contributed by atoms with Gasteiger partial charge in [-0.1, -0.05) is 36.4 Å². The first kappa shape index (κ1) is 23.9. The molecule has 6 nitrogen and oxygen atoms in total. The molecule has 0 aliphatic heterocycles. The molecule has 44 heavy (non-hydrogen) atoms. The summed E-state index contributed by atoms with van der Waals surface area (Å²) in [6, 6.07) is 25.5. The molecule has 0 saturated heterocycles. The smallest absolute Gasteiger partial charge is 0.159 e. The Hall–Kier alpha value is -5.66. The molecule has 9 aromatic rings. The number of aromatic nitrogens is 6.